The number of anilines is 1. The maximum absolute atomic E-state index is 4.58. The zero-order chi connectivity index (χ0) is 13.0. The van der Waals surface area contributed by atoms with Gasteiger partial charge in [-0.1, -0.05) is 19.8 Å². The Balaban J connectivity index is 2.03. The molecule has 0 spiro atoms. The molecule has 0 saturated heterocycles. The maximum Gasteiger partial charge on any atom is 0.132 e. The van der Waals surface area contributed by atoms with Crippen LogP contribution in [0.1, 0.15) is 51.8 Å². The molecule has 1 aromatic heterocycles. The van der Waals surface area contributed by atoms with E-state index in [1.165, 1.54) is 25.7 Å². The fourth-order valence-electron chi connectivity index (χ4n) is 2.68. The van der Waals surface area contributed by atoms with Crippen molar-refractivity contribution in [2.24, 2.45) is 5.92 Å². The third-order valence-corrected chi connectivity index (χ3v) is 4.10. The van der Waals surface area contributed by atoms with Crippen molar-refractivity contribution in [2.45, 2.75) is 58.4 Å². The van der Waals surface area contributed by atoms with Crippen molar-refractivity contribution in [3.05, 3.63) is 16.5 Å². The van der Waals surface area contributed by atoms with Gasteiger partial charge in [0.1, 0.15) is 16.2 Å². The fraction of sp³-hybridized carbons (Fsp3) is 0.714. The Hall–Kier alpha value is -0.640. The molecule has 3 nitrogen and oxygen atoms in total. The Morgan fingerprint density at radius 2 is 2.11 bits per heavy atom. The fourth-order valence-corrected chi connectivity index (χ4v) is 3.10. The summed E-state index contributed by atoms with van der Waals surface area (Å²) in [5.41, 5.74) is 0. The Kier molecular flexibility index (Phi) is 4.98. The minimum atomic E-state index is 0.503. The van der Waals surface area contributed by atoms with Crippen LogP contribution < -0.4 is 5.32 Å². The molecule has 1 aromatic rings. The van der Waals surface area contributed by atoms with Gasteiger partial charge in [0.05, 0.1) is 0 Å². The molecule has 0 radical (unpaired) electrons. The molecule has 0 aliphatic heterocycles. The second-order valence-corrected chi connectivity index (χ2v) is 6.03. The smallest absolute Gasteiger partial charge is 0.132 e. The van der Waals surface area contributed by atoms with E-state index in [1.807, 2.05) is 6.07 Å². The van der Waals surface area contributed by atoms with Crippen LogP contribution in [0.25, 0.3) is 0 Å². The number of rotatable bonds is 5. The predicted molar refractivity (Wildman–Crippen MR) is 78.8 cm³/mol. The number of hydrogen-bond donors (Lipinski definition) is 1. The lowest BCUT2D eigenvalue weighted by molar-refractivity contribution is 0.481. The minimum absolute atomic E-state index is 0.503. The molecule has 1 heterocycles. The van der Waals surface area contributed by atoms with Crippen molar-refractivity contribution in [3.8, 4) is 0 Å². The van der Waals surface area contributed by atoms with Gasteiger partial charge in [-0.05, 0) is 48.0 Å². The van der Waals surface area contributed by atoms with Gasteiger partial charge in [-0.15, -0.1) is 0 Å². The number of aryl methyl sites for hydroxylation is 1. The molecular formula is C14H22BrN3. The minimum Gasteiger partial charge on any atom is -0.367 e. The van der Waals surface area contributed by atoms with Gasteiger partial charge >= 0.3 is 0 Å². The molecule has 0 bridgehead atoms. The molecule has 1 unspecified atom stereocenters. The van der Waals surface area contributed by atoms with E-state index in [0.717, 1.165) is 35.0 Å². The average Bonchev–Trinajstić information content (AvgIpc) is 2.81. The van der Waals surface area contributed by atoms with Gasteiger partial charge in [0.2, 0.25) is 0 Å². The molecule has 1 atom stereocenters. The number of nitrogens with zero attached hydrogens (tertiary/aromatic N) is 2. The average molecular weight is 312 g/mol. The lowest BCUT2D eigenvalue weighted by Gasteiger charge is -2.21. The molecule has 4 heteroatoms. The normalized spacial score (nSPS) is 17.9. The number of hydrogen-bond acceptors (Lipinski definition) is 3. The summed E-state index contributed by atoms with van der Waals surface area (Å²) in [6, 6.07) is 2.48. The molecule has 2 rings (SSSR count). The number of halogens is 1. The summed E-state index contributed by atoms with van der Waals surface area (Å²) in [5.74, 6) is 2.68. The predicted octanol–water partition coefficient (Wildman–Crippen LogP) is 4.18. The summed E-state index contributed by atoms with van der Waals surface area (Å²) in [7, 11) is 0. The van der Waals surface area contributed by atoms with E-state index in [4.69, 9.17) is 0 Å². The quantitative estimate of drug-likeness (QED) is 0.829. The monoisotopic (exact) mass is 311 g/mol. The largest absolute Gasteiger partial charge is 0.367 e. The summed E-state index contributed by atoms with van der Waals surface area (Å²) in [4.78, 5) is 8.98. The molecular weight excluding hydrogens is 290 g/mol. The second kappa shape index (κ2) is 6.50. The van der Waals surface area contributed by atoms with Crippen LogP contribution >= 0.6 is 15.9 Å². The van der Waals surface area contributed by atoms with Crippen LogP contribution in [0.2, 0.25) is 0 Å². The van der Waals surface area contributed by atoms with E-state index in [1.54, 1.807) is 0 Å². The van der Waals surface area contributed by atoms with Gasteiger partial charge in [-0.2, -0.15) is 0 Å². The molecule has 100 valence electrons. The van der Waals surface area contributed by atoms with Gasteiger partial charge in [0.25, 0.3) is 0 Å². The van der Waals surface area contributed by atoms with Crippen LogP contribution in [-0.2, 0) is 6.42 Å². The highest BCUT2D eigenvalue weighted by Crippen LogP contribution is 2.29. The van der Waals surface area contributed by atoms with E-state index in [2.05, 4.69) is 45.1 Å². The zero-order valence-electron chi connectivity index (χ0n) is 11.2. The second-order valence-electron chi connectivity index (χ2n) is 5.22. The summed E-state index contributed by atoms with van der Waals surface area (Å²) >= 11 is 3.47. The highest BCUT2D eigenvalue weighted by molar-refractivity contribution is 9.10. The Bertz CT molecular complexity index is 389. The van der Waals surface area contributed by atoms with Crippen LogP contribution in [0.15, 0.2) is 10.7 Å². The maximum atomic E-state index is 4.58. The lowest BCUT2D eigenvalue weighted by Crippen LogP contribution is -2.24. The molecule has 0 amide bonds. The third kappa shape index (κ3) is 3.67. The Labute approximate surface area is 118 Å². The Morgan fingerprint density at radius 1 is 1.39 bits per heavy atom. The van der Waals surface area contributed by atoms with E-state index < -0.39 is 0 Å². The van der Waals surface area contributed by atoms with Crippen LogP contribution in [0.5, 0.6) is 0 Å². The summed E-state index contributed by atoms with van der Waals surface area (Å²) in [6.45, 7) is 4.42. The van der Waals surface area contributed by atoms with Gasteiger partial charge in [0.15, 0.2) is 0 Å². The van der Waals surface area contributed by atoms with Crippen molar-refractivity contribution in [2.75, 3.05) is 5.32 Å². The van der Waals surface area contributed by atoms with Gasteiger partial charge in [-0.25, -0.2) is 9.97 Å². The van der Waals surface area contributed by atoms with Crippen LogP contribution in [0.3, 0.4) is 0 Å². The molecule has 0 aromatic carbocycles. The summed E-state index contributed by atoms with van der Waals surface area (Å²) < 4.78 is 0.877. The summed E-state index contributed by atoms with van der Waals surface area (Å²) in [5, 5.41) is 3.54. The van der Waals surface area contributed by atoms with Gasteiger partial charge in [0, 0.05) is 18.5 Å². The first-order valence-electron chi connectivity index (χ1n) is 6.99. The van der Waals surface area contributed by atoms with Gasteiger partial charge in [-0.3, -0.25) is 0 Å². The highest BCUT2D eigenvalue weighted by Gasteiger charge is 2.21. The number of nitrogens with one attached hydrogen (secondary N) is 1. The van der Waals surface area contributed by atoms with Crippen molar-refractivity contribution in [1.29, 1.82) is 0 Å². The molecule has 1 aliphatic rings. The molecule has 1 saturated carbocycles. The first-order valence-corrected chi connectivity index (χ1v) is 7.78. The third-order valence-electron chi connectivity index (χ3n) is 3.70. The first kappa shape index (κ1) is 13.8. The molecule has 18 heavy (non-hydrogen) atoms. The van der Waals surface area contributed by atoms with E-state index in [0.29, 0.717) is 6.04 Å². The molecule has 1 N–H and O–H groups in total. The lowest BCUT2D eigenvalue weighted by atomic mass is 10.00. The Morgan fingerprint density at radius 3 is 2.78 bits per heavy atom. The number of aromatic nitrogens is 2. The molecule has 1 fully saturated rings. The van der Waals surface area contributed by atoms with Crippen molar-refractivity contribution in [1.82, 2.24) is 9.97 Å². The van der Waals surface area contributed by atoms with Crippen LogP contribution in [0, 0.1) is 5.92 Å². The first-order chi connectivity index (χ1) is 8.69. The van der Waals surface area contributed by atoms with E-state index >= 15 is 0 Å². The van der Waals surface area contributed by atoms with Crippen LogP contribution in [0.4, 0.5) is 5.82 Å². The van der Waals surface area contributed by atoms with Crippen LogP contribution in [-0.4, -0.2) is 16.0 Å². The standard InChI is InChI=1S/C14H22BrN3/c1-3-6-13-17-12(15)9-14(18-13)16-10(2)11-7-4-5-8-11/h9-11H,3-8H2,1-2H3,(H,16,17,18). The van der Waals surface area contributed by atoms with Gasteiger partial charge < -0.3 is 5.32 Å². The topological polar surface area (TPSA) is 37.8 Å². The summed E-state index contributed by atoms with van der Waals surface area (Å²) in [6.07, 6.45) is 7.47. The zero-order valence-corrected chi connectivity index (χ0v) is 12.8. The van der Waals surface area contributed by atoms with Crippen molar-refractivity contribution >= 4 is 21.7 Å². The van der Waals surface area contributed by atoms with Crippen molar-refractivity contribution < 1.29 is 0 Å². The van der Waals surface area contributed by atoms with E-state index in [-0.39, 0.29) is 0 Å². The van der Waals surface area contributed by atoms with E-state index in [9.17, 15) is 0 Å². The van der Waals surface area contributed by atoms with Crippen molar-refractivity contribution in [3.63, 3.8) is 0 Å². The molecule has 1 aliphatic carbocycles. The highest BCUT2D eigenvalue weighted by atomic mass is 79.9. The SMILES string of the molecule is CCCc1nc(Br)cc(NC(C)C2CCCC2)n1.